The highest BCUT2D eigenvalue weighted by Crippen LogP contribution is 2.34. The molecule has 0 atom stereocenters. The Balaban J connectivity index is 1.89. The van der Waals surface area contributed by atoms with Gasteiger partial charge in [-0.1, -0.05) is 0 Å². The van der Waals surface area contributed by atoms with Gasteiger partial charge in [-0.25, -0.2) is 0 Å². The van der Waals surface area contributed by atoms with Gasteiger partial charge >= 0.3 is 0 Å². The SMILES string of the molecule is OCc1cnccc1N(Cc1ccco1)C1CC1. The van der Waals surface area contributed by atoms with Crippen LogP contribution in [0.4, 0.5) is 5.69 Å². The smallest absolute Gasteiger partial charge is 0.123 e. The highest BCUT2D eigenvalue weighted by atomic mass is 16.3. The fraction of sp³-hybridized carbons (Fsp3) is 0.357. The third-order valence-corrected chi connectivity index (χ3v) is 3.25. The predicted octanol–water partition coefficient (Wildman–Crippen LogP) is 2.34. The van der Waals surface area contributed by atoms with Gasteiger partial charge in [0.05, 0.1) is 19.4 Å². The average Bonchev–Trinajstić information content (AvgIpc) is 3.13. The number of hydrogen-bond donors (Lipinski definition) is 1. The molecular weight excluding hydrogens is 228 g/mol. The summed E-state index contributed by atoms with van der Waals surface area (Å²) in [5.74, 6) is 0.947. The second kappa shape index (κ2) is 4.82. The summed E-state index contributed by atoms with van der Waals surface area (Å²) in [5.41, 5.74) is 1.93. The van der Waals surface area contributed by atoms with Gasteiger partial charge in [-0.05, 0) is 31.0 Å². The highest BCUT2D eigenvalue weighted by molar-refractivity contribution is 5.54. The number of aromatic nitrogens is 1. The van der Waals surface area contributed by atoms with E-state index in [2.05, 4.69) is 9.88 Å². The molecule has 0 amide bonds. The molecule has 0 radical (unpaired) electrons. The first kappa shape index (κ1) is 11.3. The van der Waals surface area contributed by atoms with Gasteiger partial charge in [-0.3, -0.25) is 4.98 Å². The van der Waals surface area contributed by atoms with Crippen LogP contribution in [-0.4, -0.2) is 16.1 Å². The normalized spacial score (nSPS) is 14.7. The maximum absolute atomic E-state index is 9.41. The quantitative estimate of drug-likeness (QED) is 0.877. The second-order valence-electron chi connectivity index (χ2n) is 4.60. The first-order valence-electron chi connectivity index (χ1n) is 6.21. The zero-order chi connectivity index (χ0) is 12.4. The molecule has 2 heterocycles. The summed E-state index contributed by atoms with van der Waals surface area (Å²) < 4.78 is 5.42. The Labute approximate surface area is 106 Å². The van der Waals surface area contributed by atoms with Gasteiger partial charge in [0.1, 0.15) is 5.76 Å². The van der Waals surface area contributed by atoms with Crippen LogP contribution >= 0.6 is 0 Å². The van der Waals surface area contributed by atoms with Crippen molar-refractivity contribution in [2.24, 2.45) is 0 Å². The number of rotatable bonds is 5. The molecule has 0 spiro atoms. The zero-order valence-corrected chi connectivity index (χ0v) is 10.1. The summed E-state index contributed by atoms with van der Waals surface area (Å²) in [6.07, 6.45) is 7.60. The van der Waals surface area contributed by atoms with E-state index in [4.69, 9.17) is 4.42 Å². The molecule has 0 unspecified atom stereocenters. The van der Waals surface area contributed by atoms with Crippen LogP contribution in [0.5, 0.6) is 0 Å². The van der Waals surface area contributed by atoms with Crippen molar-refractivity contribution in [2.75, 3.05) is 4.90 Å². The average molecular weight is 244 g/mol. The van der Waals surface area contributed by atoms with Gasteiger partial charge in [0, 0.05) is 29.7 Å². The van der Waals surface area contributed by atoms with Gasteiger partial charge in [-0.2, -0.15) is 0 Å². The molecule has 0 aliphatic heterocycles. The monoisotopic (exact) mass is 244 g/mol. The fourth-order valence-electron chi connectivity index (χ4n) is 2.19. The predicted molar refractivity (Wildman–Crippen MR) is 68.1 cm³/mol. The largest absolute Gasteiger partial charge is 0.467 e. The first-order chi connectivity index (χ1) is 8.88. The maximum Gasteiger partial charge on any atom is 0.123 e. The number of hydrogen-bond acceptors (Lipinski definition) is 4. The van der Waals surface area contributed by atoms with Crippen LogP contribution in [0.15, 0.2) is 41.3 Å². The number of anilines is 1. The van der Waals surface area contributed by atoms with Gasteiger partial charge in [0.15, 0.2) is 0 Å². The molecule has 3 rings (SSSR count). The van der Waals surface area contributed by atoms with Gasteiger partial charge in [-0.15, -0.1) is 0 Å². The summed E-state index contributed by atoms with van der Waals surface area (Å²) in [7, 11) is 0. The van der Waals surface area contributed by atoms with E-state index >= 15 is 0 Å². The van der Waals surface area contributed by atoms with Crippen molar-refractivity contribution >= 4 is 5.69 Å². The molecule has 2 aromatic heterocycles. The molecule has 1 aliphatic carbocycles. The van der Waals surface area contributed by atoms with E-state index in [1.807, 2.05) is 18.2 Å². The molecule has 1 aliphatic rings. The van der Waals surface area contributed by atoms with Crippen molar-refractivity contribution in [3.05, 3.63) is 48.2 Å². The molecule has 18 heavy (non-hydrogen) atoms. The minimum absolute atomic E-state index is 0.0184. The van der Waals surface area contributed by atoms with E-state index in [1.54, 1.807) is 18.7 Å². The number of nitrogens with zero attached hydrogens (tertiary/aromatic N) is 2. The van der Waals surface area contributed by atoms with Crippen LogP contribution in [0, 0.1) is 0 Å². The fourth-order valence-corrected chi connectivity index (χ4v) is 2.19. The van der Waals surface area contributed by atoms with Gasteiger partial charge in [0.25, 0.3) is 0 Å². The van der Waals surface area contributed by atoms with Crippen molar-refractivity contribution in [2.45, 2.75) is 32.0 Å². The number of furan rings is 1. The molecule has 2 aromatic rings. The van der Waals surface area contributed by atoms with Crippen LogP contribution in [0.3, 0.4) is 0 Å². The zero-order valence-electron chi connectivity index (χ0n) is 10.1. The Hall–Kier alpha value is -1.81. The lowest BCUT2D eigenvalue weighted by Gasteiger charge is -2.25. The van der Waals surface area contributed by atoms with E-state index in [0.717, 1.165) is 23.6 Å². The lowest BCUT2D eigenvalue weighted by atomic mass is 10.2. The number of aliphatic hydroxyl groups excluding tert-OH is 1. The Kier molecular flexibility index (Phi) is 3.02. The number of pyridine rings is 1. The standard InChI is InChI=1S/C14H16N2O2/c17-10-11-8-15-6-5-14(11)16(12-3-4-12)9-13-2-1-7-18-13/h1-2,5-8,12,17H,3-4,9-10H2. The van der Waals surface area contributed by atoms with Crippen molar-refractivity contribution in [3.8, 4) is 0 Å². The molecule has 1 N–H and O–H groups in total. The minimum Gasteiger partial charge on any atom is -0.467 e. The summed E-state index contributed by atoms with van der Waals surface area (Å²) in [6, 6.07) is 6.41. The molecule has 94 valence electrons. The van der Waals surface area contributed by atoms with Crippen LogP contribution < -0.4 is 4.90 Å². The van der Waals surface area contributed by atoms with E-state index in [1.165, 1.54) is 12.8 Å². The molecule has 4 nitrogen and oxygen atoms in total. The van der Waals surface area contributed by atoms with E-state index in [9.17, 15) is 5.11 Å². The maximum atomic E-state index is 9.41. The number of aliphatic hydroxyl groups is 1. The Morgan fingerprint density at radius 3 is 2.94 bits per heavy atom. The van der Waals surface area contributed by atoms with Crippen LogP contribution in [0.1, 0.15) is 24.2 Å². The molecule has 1 fully saturated rings. The highest BCUT2D eigenvalue weighted by Gasteiger charge is 2.30. The summed E-state index contributed by atoms with van der Waals surface area (Å²) in [5, 5.41) is 9.41. The molecule has 0 aromatic carbocycles. The first-order valence-corrected chi connectivity index (χ1v) is 6.21. The lowest BCUT2D eigenvalue weighted by Crippen LogP contribution is -2.26. The minimum atomic E-state index is 0.0184. The molecule has 0 saturated heterocycles. The third-order valence-electron chi connectivity index (χ3n) is 3.25. The second-order valence-corrected chi connectivity index (χ2v) is 4.60. The van der Waals surface area contributed by atoms with Crippen LogP contribution in [0.2, 0.25) is 0 Å². The van der Waals surface area contributed by atoms with Gasteiger partial charge in [0.2, 0.25) is 0 Å². The summed E-state index contributed by atoms with van der Waals surface area (Å²) >= 11 is 0. The molecule has 4 heteroatoms. The van der Waals surface area contributed by atoms with Crippen molar-refractivity contribution in [3.63, 3.8) is 0 Å². The van der Waals surface area contributed by atoms with Crippen molar-refractivity contribution in [1.29, 1.82) is 0 Å². The van der Waals surface area contributed by atoms with E-state index < -0.39 is 0 Å². The summed E-state index contributed by atoms with van der Waals surface area (Å²) in [6.45, 7) is 0.763. The van der Waals surface area contributed by atoms with Crippen LogP contribution in [0.25, 0.3) is 0 Å². The Morgan fingerprint density at radius 1 is 1.39 bits per heavy atom. The van der Waals surface area contributed by atoms with E-state index in [-0.39, 0.29) is 6.61 Å². The van der Waals surface area contributed by atoms with Crippen molar-refractivity contribution < 1.29 is 9.52 Å². The molecule has 0 bridgehead atoms. The summed E-state index contributed by atoms with van der Waals surface area (Å²) in [4.78, 5) is 6.36. The van der Waals surface area contributed by atoms with Gasteiger partial charge < -0.3 is 14.4 Å². The molecular formula is C14H16N2O2. The topological polar surface area (TPSA) is 49.5 Å². The van der Waals surface area contributed by atoms with Crippen molar-refractivity contribution in [1.82, 2.24) is 4.98 Å². The molecule has 1 saturated carbocycles. The third kappa shape index (κ3) is 2.24. The van der Waals surface area contributed by atoms with Crippen LogP contribution in [-0.2, 0) is 13.2 Å². The Bertz CT molecular complexity index is 506. The van der Waals surface area contributed by atoms with E-state index in [0.29, 0.717) is 6.04 Å². The Morgan fingerprint density at radius 2 is 2.28 bits per heavy atom. The lowest BCUT2D eigenvalue weighted by molar-refractivity contribution is 0.281.